The Morgan fingerprint density at radius 2 is 1.95 bits per heavy atom. The number of aliphatic imine (C=N–C) groups is 1. The zero-order chi connectivity index (χ0) is 14.3. The molecule has 0 aromatic carbocycles. The summed E-state index contributed by atoms with van der Waals surface area (Å²) in [6, 6.07) is 0. The van der Waals surface area contributed by atoms with Crippen LogP contribution in [0.1, 0.15) is 33.1 Å². The van der Waals surface area contributed by atoms with Crippen LogP contribution in [0.25, 0.3) is 0 Å². The Kier molecular flexibility index (Phi) is 13.0. The number of nitrogens with one attached hydrogen (secondary N) is 1. The van der Waals surface area contributed by atoms with Crippen LogP contribution in [0.2, 0.25) is 0 Å². The Morgan fingerprint density at radius 3 is 2.58 bits per heavy atom. The number of hydrogen-bond acceptors (Lipinski definition) is 3. The Balaban J connectivity index is 3.84. The van der Waals surface area contributed by atoms with Gasteiger partial charge in [-0.15, -0.1) is 0 Å². The monoisotopic (exact) mass is 273 g/mol. The minimum Gasteiger partial charge on any atom is -0.382 e. The van der Waals surface area contributed by atoms with Gasteiger partial charge in [0.25, 0.3) is 0 Å². The first-order chi connectivity index (χ1) is 9.26. The van der Waals surface area contributed by atoms with E-state index in [0.717, 1.165) is 38.6 Å². The Bertz CT molecular complexity index is 223. The molecular formula is C14H31N3O2. The van der Waals surface area contributed by atoms with Gasteiger partial charge in [-0.2, -0.15) is 0 Å². The second-order valence-corrected chi connectivity index (χ2v) is 4.47. The quantitative estimate of drug-likeness (QED) is 0.354. The van der Waals surface area contributed by atoms with E-state index >= 15 is 0 Å². The number of hydrogen-bond donors (Lipinski definition) is 1. The number of unbranched alkanes of at least 4 members (excludes halogenated alkanes) is 1. The fraction of sp³-hybridized carbons (Fsp3) is 0.929. The van der Waals surface area contributed by atoms with Gasteiger partial charge in [-0.3, -0.25) is 4.99 Å². The van der Waals surface area contributed by atoms with E-state index in [1.165, 1.54) is 12.8 Å². The molecule has 114 valence electrons. The highest BCUT2D eigenvalue weighted by atomic mass is 16.5. The minimum atomic E-state index is 0.658. The van der Waals surface area contributed by atoms with E-state index in [0.29, 0.717) is 13.2 Å². The van der Waals surface area contributed by atoms with Gasteiger partial charge < -0.3 is 19.7 Å². The summed E-state index contributed by atoms with van der Waals surface area (Å²) in [5.74, 6) is 0.993. The summed E-state index contributed by atoms with van der Waals surface area (Å²) >= 11 is 0. The molecule has 0 aromatic rings. The lowest BCUT2D eigenvalue weighted by Gasteiger charge is -2.21. The van der Waals surface area contributed by atoms with Gasteiger partial charge in [-0.25, -0.2) is 0 Å². The van der Waals surface area contributed by atoms with Gasteiger partial charge in [0.1, 0.15) is 0 Å². The summed E-state index contributed by atoms with van der Waals surface area (Å²) in [6.07, 6.45) is 3.35. The first kappa shape index (κ1) is 18.2. The van der Waals surface area contributed by atoms with Gasteiger partial charge in [-0.05, 0) is 19.8 Å². The molecule has 0 saturated heterocycles. The third-order valence-electron chi connectivity index (χ3n) is 2.68. The van der Waals surface area contributed by atoms with E-state index in [4.69, 9.17) is 9.47 Å². The van der Waals surface area contributed by atoms with Crippen molar-refractivity contribution in [3.05, 3.63) is 0 Å². The van der Waals surface area contributed by atoms with Crippen molar-refractivity contribution < 1.29 is 9.47 Å². The Labute approximate surface area is 118 Å². The van der Waals surface area contributed by atoms with Crippen LogP contribution < -0.4 is 5.32 Å². The molecule has 0 bridgehead atoms. The molecule has 5 heteroatoms. The summed E-state index contributed by atoms with van der Waals surface area (Å²) in [7, 11) is 3.77. The molecule has 0 heterocycles. The highest BCUT2D eigenvalue weighted by Gasteiger charge is 2.03. The fourth-order valence-corrected chi connectivity index (χ4v) is 1.57. The lowest BCUT2D eigenvalue weighted by Crippen LogP contribution is -2.39. The third kappa shape index (κ3) is 10.8. The van der Waals surface area contributed by atoms with Crippen molar-refractivity contribution >= 4 is 5.96 Å². The normalized spacial score (nSPS) is 11.7. The van der Waals surface area contributed by atoms with Crippen LogP contribution in [0.3, 0.4) is 0 Å². The van der Waals surface area contributed by atoms with Crippen molar-refractivity contribution in [3.63, 3.8) is 0 Å². The predicted molar refractivity (Wildman–Crippen MR) is 80.8 cm³/mol. The summed E-state index contributed by atoms with van der Waals surface area (Å²) in [6.45, 7) is 9.11. The maximum Gasteiger partial charge on any atom is 0.193 e. The number of rotatable bonds is 11. The van der Waals surface area contributed by atoms with Crippen LogP contribution in [0.5, 0.6) is 0 Å². The van der Waals surface area contributed by atoms with Gasteiger partial charge in [0.15, 0.2) is 5.96 Å². The van der Waals surface area contributed by atoms with Crippen molar-refractivity contribution in [2.45, 2.75) is 33.1 Å². The predicted octanol–water partition coefficient (Wildman–Crippen LogP) is 1.74. The van der Waals surface area contributed by atoms with Gasteiger partial charge in [0.05, 0.1) is 13.2 Å². The van der Waals surface area contributed by atoms with Crippen molar-refractivity contribution in [1.82, 2.24) is 10.2 Å². The summed E-state index contributed by atoms with van der Waals surface area (Å²) < 4.78 is 10.3. The maximum absolute atomic E-state index is 5.41. The lowest BCUT2D eigenvalue weighted by atomic mass is 10.3. The zero-order valence-corrected chi connectivity index (χ0v) is 13.1. The number of methoxy groups -OCH3 is 1. The largest absolute Gasteiger partial charge is 0.382 e. The van der Waals surface area contributed by atoms with E-state index in [-0.39, 0.29) is 0 Å². The van der Waals surface area contributed by atoms with Crippen LogP contribution in [0.4, 0.5) is 0 Å². The summed E-state index contributed by atoms with van der Waals surface area (Å²) in [4.78, 5) is 6.80. The number of nitrogens with zero attached hydrogens (tertiary/aromatic N) is 2. The SMILES string of the molecule is CCCCN(C)C(=NCCCOCCOC)NCC. The van der Waals surface area contributed by atoms with Gasteiger partial charge >= 0.3 is 0 Å². The average molecular weight is 273 g/mol. The van der Waals surface area contributed by atoms with E-state index < -0.39 is 0 Å². The molecule has 0 spiro atoms. The van der Waals surface area contributed by atoms with Crippen LogP contribution in [-0.4, -0.2) is 64.5 Å². The molecule has 0 amide bonds. The molecule has 1 N–H and O–H groups in total. The van der Waals surface area contributed by atoms with E-state index in [1.54, 1.807) is 7.11 Å². The van der Waals surface area contributed by atoms with Crippen molar-refractivity contribution in [1.29, 1.82) is 0 Å². The van der Waals surface area contributed by atoms with E-state index in [2.05, 4.69) is 36.1 Å². The highest BCUT2D eigenvalue weighted by molar-refractivity contribution is 5.79. The molecule has 0 saturated carbocycles. The Morgan fingerprint density at radius 1 is 1.16 bits per heavy atom. The molecule has 0 aromatic heterocycles. The third-order valence-corrected chi connectivity index (χ3v) is 2.68. The second kappa shape index (κ2) is 13.6. The smallest absolute Gasteiger partial charge is 0.193 e. The van der Waals surface area contributed by atoms with Crippen LogP contribution in [-0.2, 0) is 9.47 Å². The van der Waals surface area contributed by atoms with Crippen molar-refractivity contribution in [3.8, 4) is 0 Å². The topological polar surface area (TPSA) is 46.1 Å². The van der Waals surface area contributed by atoms with Crippen LogP contribution >= 0.6 is 0 Å². The average Bonchev–Trinajstić information content (AvgIpc) is 2.42. The van der Waals surface area contributed by atoms with Crippen molar-refractivity contribution in [2.75, 3.05) is 53.6 Å². The van der Waals surface area contributed by atoms with Gasteiger partial charge in [-0.1, -0.05) is 13.3 Å². The molecule has 0 aliphatic rings. The first-order valence-electron chi connectivity index (χ1n) is 7.32. The second-order valence-electron chi connectivity index (χ2n) is 4.47. The fourth-order valence-electron chi connectivity index (χ4n) is 1.57. The highest BCUT2D eigenvalue weighted by Crippen LogP contribution is 1.94. The molecular weight excluding hydrogens is 242 g/mol. The van der Waals surface area contributed by atoms with Gasteiger partial charge in [0, 0.05) is 40.4 Å². The van der Waals surface area contributed by atoms with Crippen LogP contribution in [0, 0.1) is 0 Å². The molecule has 0 radical (unpaired) electrons. The molecule has 0 unspecified atom stereocenters. The Hall–Kier alpha value is -0.810. The van der Waals surface area contributed by atoms with Crippen LogP contribution in [0.15, 0.2) is 4.99 Å². The summed E-state index contributed by atoms with van der Waals surface area (Å²) in [5.41, 5.74) is 0. The molecule has 0 atom stereocenters. The molecule has 0 rings (SSSR count). The van der Waals surface area contributed by atoms with E-state index in [9.17, 15) is 0 Å². The zero-order valence-electron chi connectivity index (χ0n) is 13.1. The molecule has 5 nitrogen and oxygen atoms in total. The summed E-state index contributed by atoms with van der Waals surface area (Å²) in [5, 5.41) is 3.32. The van der Waals surface area contributed by atoms with Crippen molar-refractivity contribution in [2.24, 2.45) is 4.99 Å². The molecule has 19 heavy (non-hydrogen) atoms. The first-order valence-corrected chi connectivity index (χ1v) is 7.32. The number of ether oxygens (including phenoxy) is 2. The maximum atomic E-state index is 5.41. The van der Waals surface area contributed by atoms with Gasteiger partial charge in [0.2, 0.25) is 0 Å². The molecule has 0 fully saturated rings. The minimum absolute atomic E-state index is 0.658. The standard InChI is InChI=1S/C14H31N3O2/c1-5-7-10-17(3)14(15-6-2)16-9-8-11-19-13-12-18-4/h5-13H2,1-4H3,(H,15,16). The number of guanidine groups is 1. The molecule has 0 aliphatic heterocycles. The lowest BCUT2D eigenvalue weighted by molar-refractivity contribution is 0.0702. The molecule has 0 aliphatic carbocycles. The van der Waals surface area contributed by atoms with E-state index in [1.807, 2.05) is 0 Å².